The van der Waals surface area contributed by atoms with Crippen molar-refractivity contribution >= 4 is 11.6 Å². The van der Waals surface area contributed by atoms with Gasteiger partial charge in [0.15, 0.2) is 5.82 Å². The van der Waals surface area contributed by atoms with Crippen LogP contribution in [0.25, 0.3) is 11.5 Å². The van der Waals surface area contributed by atoms with Crippen LogP contribution >= 0.6 is 11.6 Å². The van der Waals surface area contributed by atoms with Crippen molar-refractivity contribution < 1.29 is 5.11 Å². The summed E-state index contributed by atoms with van der Waals surface area (Å²) in [5.41, 5.74) is 1.20. The van der Waals surface area contributed by atoms with Gasteiger partial charge in [-0.3, -0.25) is 4.98 Å². The van der Waals surface area contributed by atoms with Gasteiger partial charge in [-0.25, -0.2) is 9.97 Å². The number of aromatic nitrogens is 3. The van der Waals surface area contributed by atoms with E-state index in [1.807, 2.05) is 0 Å². The number of aliphatic hydroxyl groups is 1. The average Bonchev–Trinajstić information content (AvgIpc) is 2.30. The molecule has 0 radical (unpaired) electrons. The number of halogens is 1. The molecule has 0 aliphatic heterocycles. The lowest BCUT2D eigenvalue weighted by molar-refractivity contribution is 0.281. The molecule has 0 aliphatic carbocycles. The lowest BCUT2D eigenvalue weighted by atomic mass is 10.3. The topological polar surface area (TPSA) is 58.9 Å². The molecule has 0 bridgehead atoms. The average molecular weight is 222 g/mol. The van der Waals surface area contributed by atoms with Gasteiger partial charge in [-0.1, -0.05) is 11.6 Å². The number of pyridine rings is 1. The van der Waals surface area contributed by atoms with Crippen molar-refractivity contribution in [2.45, 2.75) is 6.61 Å². The van der Waals surface area contributed by atoms with Crippen LogP contribution < -0.4 is 0 Å². The summed E-state index contributed by atoms with van der Waals surface area (Å²) in [5, 5.41) is 9.34. The Hall–Kier alpha value is -1.52. The molecule has 15 heavy (non-hydrogen) atoms. The first kappa shape index (κ1) is 10.0. The highest BCUT2D eigenvalue weighted by molar-refractivity contribution is 6.32. The van der Waals surface area contributed by atoms with Crippen molar-refractivity contribution in [3.63, 3.8) is 0 Å². The van der Waals surface area contributed by atoms with Crippen LogP contribution in [0.3, 0.4) is 0 Å². The molecule has 2 rings (SSSR count). The zero-order chi connectivity index (χ0) is 10.7. The van der Waals surface area contributed by atoms with Crippen molar-refractivity contribution in [2.75, 3.05) is 0 Å². The quantitative estimate of drug-likeness (QED) is 0.838. The Kier molecular flexibility index (Phi) is 2.89. The molecule has 0 fully saturated rings. The summed E-state index contributed by atoms with van der Waals surface area (Å²) in [6.45, 7) is -0.0732. The number of nitrogens with zero attached hydrogens (tertiary/aromatic N) is 3. The summed E-state index contributed by atoms with van der Waals surface area (Å²) in [6.07, 6.45) is 4.73. The molecule has 0 atom stereocenters. The van der Waals surface area contributed by atoms with Crippen molar-refractivity contribution in [2.24, 2.45) is 0 Å². The number of hydrogen-bond acceptors (Lipinski definition) is 4. The smallest absolute Gasteiger partial charge is 0.179 e. The zero-order valence-corrected chi connectivity index (χ0v) is 8.52. The molecular weight excluding hydrogens is 214 g/mol. The van der Waals surface area contributed by atoms with E-state index in [0.717, 1.165) is 0 Å². The molecule has 0 saturated heterocycles. The SMILES string of the molecule is OCc1cnc(-c2ncccc2Cl)nc1. The second-order valence-corrected chi connectivity index (χ2v) is 3.31. The third kappa shape index (κ3) is 2.11. The summed E-state index contributed by atoms with van der Waals surface area (Å²) in [6, 6.07) is 3.47. The minimum atomic E-state index is -0.0732. The summed E-state index contributed by atoms with van der Waals surface area (Å²) >= 11 is 5.94. The third-order valence-corrected chi connectivity index (χ3v) is 2.16. The van der Waals surface area contributed by atoms with Gasteiger partial charge in [0, 0.05) is 24.2 Å². The van der Waals surface area contributed by atoms with E-state index in [9.17, 15) is 0 Å². The Balaban J connectivity index is 2.42. The van der Waals surface area contributed by atoms with Crippen molar-refractivity contribution in [3.05, 3.63) is 41.3 Å². The monoisotopic (exact) mass is 221 g/mol. The van der Waals surface area contributed by atoms with E-state index >= 15 is 0 Å². The maximum absolute atomic E-state index is 8.83. The minimum Gasteiger partial charge on any atom is -0.392 e. The molecule has 2 aromatic rings. The Labute approximate surface area is 91.6 Å². The summed E-state index contributed by atoms with van der Waals surface area (Å²) < 4.78 is 0. The van der Waals surface area contributed by atoms with E-state index in [1.54, 1.807) is 30.7 Å². The van der Waals surface area contributed by atoms with E-state index in [4.69, 9.17) is 16.7 Å². The molecule has 0 aromatic carbocycles. The van der Waals surface area contributed by atoms with Crippen LogP contribution in [0.5, 0.6) is 0 Å². The van der Waals surface area contributed by atoms with Crippen molar-refractivity contribution in [3.8, 4) is 11.5 Å². The van der Waals surface area contributed by atoms with Crippen molar-refractivity contribution in [1.29, 1.82) is 0 Å². The predicted molar refractivity (Wildman–Crippen MR) is 56.2 cm³/mol. The standard InChI is InChI=1S/C10H8ClN3O/c11-8-2-1-3-12-9(8)10-13-4-7(6-15)5-14-10/h1-5,15H,6H2. The molecule has 0 spiro atoms. The van der Waals surface area contributed by atoms with Gasteiger partial charge in [-0.05, 0) is 12.1 Å². The van der Waals surface area contributed by atoms with Crippen LogP contribution in [-0.2, 0) is 6.61 Å². The van der Waals surface area contributed by atoms with Crippen molar-refractivity contribution in [1.82, 2.24) is 15.0 Å². The molecule has 76 valence electrons. The summed E-state index contributed by atoms with van der Waals surface area (Å²) in [4.78, 5) is 12.2. The maximum atomic E-state index is 8.83. The first-order valence-electron chi connectivity index (χ1n) is 4.34. The van der Waals surface area contributed by atoms with Gasteiger partial charge in [-0.15, -0.1) is 0 Å². The second kappa shape index (κ2) is 4.33. The van der Waals surface area contributed by atoms with Crippen LogP contribution in [0.4, 0.5) is 0 Å². The Morgan fingerprint density at radius 3 is 2.53 bits per heavy atom. The Morgan fingerprint density at radius 2 is 1.93 bits per heavy atom. The number of rotatable bonds is 2. The van der Waals surface area contributed by atoms with Crippen LogP contribution in [0.2, 0.25) is 5.02 Å². The first-order valence-corrected chi connectivity index (χ1v) is 4.71. The van der Waals surface area contributed by atoms with Crippen LogP contribution in [0, 0.1) is 0 Å². The highest BCUT2D eigenvalue weighted by Crippen LogP contribution is 2.21. The lowest BCUT2D eigenvalue weighted by Crippen LogP contribution is -1.94. The fraction of sp³-hybridized carbons (Fsp3) is 0.100. The van der Waals surface area contributed by atoms with E-state index in [1.165, 1.54) is 0 Å². The van der Waals surface area contributed by atoms with Crippen LogP contribution in [-0.4, -0.2) is 20.1 Å². The maximum Gasteiger partial charge on any atom is 0.179 e. The molecule has 1 N–H and O–H groups in total. The van der Waals surface area contributed by atoms with Crippen LogP contribution in [0.1, 0.15) is 5.56 Å². The predicted octanol–water partition coefficient (Wildman–Crippen LogP) is 1.68. The number of aliphatic hydroxyl groups excluding tert-OH is 1. The molecule has 5 heteroatoms. The molecule has 2 aromatic heterocycles. The molecule has 0 aliphatic rings. The fourth-order valence-corrected chi connectivity index (χ4v) is 1.31. The van der Waals surface area contributed by atoms with Gasteiger partial charge in [-0.2, -0.15) is 0 Å². The zero-order valence-electron chi connectivity index (χ0n) is 7.76. The van der Waals surface area contributed by atoms with E-state index < -0.39 is 0 Å². The first-order chi connectivity index (χ1) is 7.31. The molecule has 2 heterocycles. The van der Waals surface area contributed by atoms with E-state index in [2.05, 4.69) is 15.0 Å². The van der Waals surface area contributed by atoms with Gasteiger partial charge >= 0.3 is 0 Å². The minimum absolute atomic E-state index is 0.0732. The fourth-order valence-electron chi connectivity index (χ4n) is 1.11. The van der Waals surface area contributed by atoms with Gasteiger partial charge in [0.25, 0.3) is 0 Å². The second-order valence-electron chi connectivity index (χ2n) is 2.91. The lowest BCUT2D eigenvalue weighted by Gasteiger charge is -2.01. The van der Waals surface area contributed by atoms with E-state index in [-0.39, 0.29) is 6.61 Å². The molecular formula is C10H8ClN3O. The molecule has 4 nitrogen and oxygen atoms in total. The molecule has 0 unspecified atom stereocenters. The highest BCUT2D eigenvalue weighted by Gasteiger charge is 2.06. The van der Waals surface area contributed by atoms with Gasteiger partial charge in [0.05, 0.1) is 11.6 Å². The van der Waals surface area contributed by atoms with E-state index in [0.29, 0.717) is 22.1 Å². The Bertz CT molecular complexity index is 458. The van der Waals surface area contributed by atoms with Gasteiger partial charge in [0.1, 0.15) is 5.69 Å². The Morgan fingerprint density at radius 1 is 1.20 bits per heavy atom. The largest absolute Gasteiger partial charge is 0.392 e. The summed E-state index contributed by atoms with van der Waals surface area (Å²) in [7, 11) is 0. The third-order valence-electron chi connectivity index (χ3n) is 1.86. The highest BCUT2D eigenvalue weighted by atomic mass is 35.5. The molecule has 0 amide bonds. The van der Waals surface area contributed by atoms with Gasteiger partial charge < -0.3 is 5.11 Å². The van der Waals surface area contributed by atoms with Gasteiger partial charge in [0.2, 0.25) is 0 Å². The number of hydrogen-bond donors (Lipinski definition) is 1. The summed E-state index contributed by atoms with van der Waals surface area (Å²) in [5.74, 6) is 0.456. The van der Waals surface area contributed by atoms with Crippen LogP contribution in [0.15, 0.2) is 30.7 Å². The normalized spacial score (nSPS) is 10.3. The molecule has 0 saturated carbocycles.